The quantitative estimate of drug-likeness (QED) is 0.466. The summed E-state index contributed by atoms with van der Waals surface area (Å²) < 4.78 is 37.6. The lowest BCUT2D eigenvalue weighted by atomic mass is 10.2. The van der Waals surface area contributed by atoms with E-state index < -0.39 is 10.0 Å². The number of sulfonamides is 1. The van der Waals surface area contributed by atoms with E-state index in [4.69, 9.17) is 9.47 Å². The number of carbonyl (C=O) groups excluding carboxylic acids is 1. The molecule has 1 aromatic carbocycles. The van der Waals surface area contributed by atoms with E-state index in [2.05, 4.69) is 20.0 Å². The molecule has 0 aliphatic rings. The Morgan fingerprint density at radius 2 is 1.81 bits per heavy atom. The van der Waals surface area contributed by atoms with Crippen LogP contribution in [0, 0.1) is 13.8 Å². The van der Waals surface area contributed by atoms with E-state index in [-0.39, 0.29) is 30.5 Å². The van der Waals surface area contributed by atoms with Crippen LogP contribution in [0.4, 0.5) is 0 Å². The highest BCUT2D eigenvalue weighted by Crippen LogP contribution is 2.34. The van der Waals surface area contributed by atoms with Gasteiger partial charge in [-0.05, 0) is 31.5 Å². The van der Waals surface area contributed by atoms with Gasteiger partial charge in [-0.2, -0.15) is 4.98 Å². The molecule has 0 radical (unpaired) electrons. The second-order valence-corrected chi connectivity index (χ2v) is 9.55. The Morgan fingerprint density at radius 1 is 1.10 bits per heavy atom. The minimum atomic E-state index is -3.63. The van der Waals surface area contributed by atoms with E-state index in [0.717, 1.165) is 5.56 Å². The molecule has 2 heterocycles. The first-order valence-electron chi connectivity index (χ1n) is 9.44. The van der Waals surface area contributed by atoms with Crippen molar-refractivity contribution >= 4 is 37.5 Å². The van der Waals surface area contributed by atoms with Gasteiger partial charge in [0.1, 0.15) is 11.4 Å². The molecule has 2 N–H and O–H groups in total. The molecule has 1 amide bonds. The van der Waals surface area contributed by atoms with Crippen LogP contribution >= 0.6 is 11.3 Å². The molecule has 0 saturated carbocycles. The first kappa shape index (κ1) is 23.1. The van der Waals surface area contributed by atoms with E-state index in [1.807, 2.05) is 6.92 Å². The van der Waals surface area contributed by atoms with Crippen molar-refractivity contribution in [2.45, 2.75) is 25.3 Å². The Bertz CT molecular complexity index is 1190. The molecule has 0 atom stereocenters. The van der Waals surface area contributed by atoms with Gasteiger partial charge in [-0.3, -0.25) is 4.79 Å². The maximum atomic E-state index is 12.7. The highest BCUT2D eigenvalue weighted by molar-refractivity contribution is 7.89. The highest BCUT2D eigenvalue weighted by Gasteiger charge is 2.21. The van der Waals surface area contributed by atoms with Crippen molar-refractivity contribution in [3.8, 4) is 5.88 Å². The Kier molecular flexibility index (Phi) is 7.21. The Hall–Kier alpha value is -2.60. The monoisotopic (exact) mass is 464 g/mol. The molecule has 166 valence electrons. The van der Waals surface area contributed by atoms with Gasteiger partial charge in [0, 0.05) is 20.2 Å². The van der Waals surface area contributed by atoms with E-state index >= 15 is 0 Å². The second-order valence-electron chi connectivity index (χ2n) is 6.79. The smallest absolute Gasteiger partial charge is 0.261 e. The molecule has 0 fully saturated rings. The number of benzene rings is 1. The zero-order valence-electron chi connectivity index (χ0n) is 17.7. The van der Waals surface area contributed by atoms with E-state index in [9.17, 15) is 13.2 Å². The predicted molar refractivity (Wildman–Crippen MR) is 118 cm³/mol. The number of nitrogens with one attached hydrogen (secondary N) is 2. The van der Waals surface area contributed by atoms with Gasteiger partial charge in [0.2, 0.25) is 15.9 Å². The molecule has 3 aromatic rings. The van der Waals surface area contributed by atoms with Crippen molar-refractivity contribution in [3.63, 3.8) is 0 Å². The minimum Gasteiger partial charge on any atom is -0.480 e. The van der Waals surface area contributed by atoms with Crippen LogP contribution < -0.4 is 14.8 Å². The van der Waals surface area contributed by atoms with Crippen LogP contribution in [0.25, 0.3) is 10.2 Å². The molecule has 0 aliphatic heterocycles. The lowest BCUT2D eigenvalue weighted by Gasteiger charge is -2.08. The van der Waals surface area contributed by atoms with Crippen LogP contribution in [0.15, 0.2) is 29.2 Å². The number of carbonyl (C=O) groups is 1. The van der Waals surface area contributed by atoms with Crippen molar-refractivity contribution < 1.29 is 22.7 Å². The summed E-state index contributed by atoms with van der Waals surface area (Å²) in [4.78, 5) is 22.7. The summed E-state index contributed by atoms with van der Waals surface area (Å²) in [5.41, 5.74) is 1.68. The van der Waals surface area contributed by atoms with E-state index in [1.54, 1.807) is 38.3 Å². The number of amides is 1. The molecular weight excluding hydrogens is 440 g/mol. The summed E-state index contributed by atoms with van der Waals surface area (Å²) >= 11 is 1.23. The number of aromatic nitrogens is 2. The normalized spacial score (nSPS) is 11.6. The fourth-order valence-electron chi connectivity index (χ4n) is 2.94. The Morgan fingerprint density at radius 3 is 2.45 bits per heavy atom. The van der Waals surface area contributed by atoms with Crippen LogP contribution in [0.1, 0.15) is 26.6 Å². The molecule has 0 unspecified atom stereocenters. The van der Waals surface area contributed by atoms with E-state index in [1.165, 1.54) is 18.4 Å². The summed E-state index contributed by atoms with van der Waals surface area (Å²) in [6.45, 7) is 4.11. The van der Waals surface area contributed by atoms with Gasteiger partial charge in [-0.1, -0.05) is 17.7 Å². The predicted octanol–water partition coefficient (Wildman–Crippen LogP) is 2.17. The zero-order chi connectivity index (χ0) is 22.6. The number of hydrogen-bond donors (Lipinski definition) is 2. The second kappa shape index (κ2) is 9.69. The third-order valence-corrected chi connectivity index (χ3v) is 7.17. The molecule has 31 heavy (non-hydrogen) atoms. The van der Waals surface area contributed by atoms with Crippen molar-refractivity contribution in [1.82, 2.24) is 20.0 Å². The average molecular weight is 465 g/mol. The lowest BCUT2D eigenvalue weighted by Crippen LogP contribution is -2.34. The Balaban J connectivity index is 1.68. The number of rotatable bonds is 9. The molecular formula is C20H24N4O5S2. The number of hydrogen-bond acceptors (Lipinski definition) is 8. The van der Waals surface area contributed by atoms with Gasteiger partial charge in [-0.15, -0.1) is 11.3 Å². The highest BCUT2D eigenvalue weighted by atomic mass is 32.2. The molecule has 0 saturated heterocycles. The van der Waals surface area contributed by atoms with Crippen LogP contribution in [0.3, 0.4) is 0 Å². The van der Waals surface area contributed by atoms with Crippen LogP contribution in [-0.2, 0) is 21.4 Å². The van der Waals surface area contributed by atoms with Crippen LogP contribution in [0.2, 0.25) is 0 Å². The average Bonchev–Trinajstić information content (AvgIpc) is 3.07. The standard InChI is InChI=1S/C20H24N4O5S2/c1-12-5-7-14(8-6-12)31(26,27)22-10-9-21-18(25)17-13(2)16-19(29-4)23-15(11-28-3)24-20(16)30-17/h5-8,22H,9-11H2,1-4H3,(H,21,25). The number of nitrogens with zero attached hydrogens (tertiary/aromatic N) is 2. The molecule has 2 aromatic heterocycles. The summed E-state index contributed by atoms with van der Waals surface area (Å²) in [6.07, 6.45) is 0. The van der Waals surface area contributed by atoms with Crippen LogP contribution in [0.5, 0.6) is 5.88 Å². The molecule has 11 heteroatoms. The molecule has 9 nitrogen and oxygen atoms in total. The fourth-order valence-corrected chi connectivity index (χ4v) is 5.08. The van der Waals surface area contributed by atoms with Gasteiger partial charge >= 0.3 is 0 Å². The molecule has 0 aliphatic carbocycles. The van der Waals surface area contributed by atoms with Crippen molar-refractivity contribution in [2.75, 3.05) is 27.3 Å². The topological polar surface area (TPSA) is 120 Å². The minimum absolute atomic E-state index is 0.0625. The van der Waals surface area contributed by atoms with Crippen molar-refractivity contribution in [3.05, 3.63) is 46.1 Å². The van der Waals surface area contributed by atoms with Gasteiger partial charge < -0.3 is 14.8 Å². The first-order valence-corrected chi connectivity index (χ1v) is 11.7. The van der Waals surface area contributed by atoms with Gasteiger partial charge in [0.25, 0.3) is 5.91 Å². The first-order chi connectivity index (χ1) is 14.8. The third-order valence-electron chi connectivity index (χ3n) is 4.51. The van der Waals surface area contributed by atoms with Crippen molar-refractivity contribution in [2.24, 2.45) is 0 Å². The number of aryl methyl sites for hydroxylation is 2. The maximum Gasteiger partial charge on any atom is 0.261 e. The summed E-state index contributed by atoms with van der Waals surface area (Å²) in [5, 5.41) is 3.42. The van der Waals surface area contributed by atoms with Gasteiger partial charge in [0.15, 0.2) is 5.82 Å². The van der Waals surface area contributed by atoms with Crippen molar-refractivity contribution in [1.29, 1.82) is 0 Å². The largest absolute Gasteiger partial charge is 0.480 e. The Labute approximate surface area is 184 Å². The number of fused-ring (bicyclic) bond motifs is 1. The summed E-state index contributed by atoms with van der Waals surface area (Å²) in [6, 6.07) is 6.55. The third kappa shape index (κ3) is 5.18. The summed E-state index contributed by atoms with van der Waals surface area (Å²) in [7, 11) is -0.576. The number of ether oxygens (including phenoxy) is 2. The SMILES string of the molecule is COCc1nc(OC)c2c(C)c(C(=O)NCCNS(=O)(=O)c3ccc(C)cc3)sc2n1. The fraction of sp³-hybridized carbons (Fsp3) is 0.350. The molecule has 3 rings (SSSR count). The number of methoxy groups -OCH3 is 2. The van der Waals surface area contributed by atoms with Crippen LogP contribution in [-0.4, -0.2) is 51.6 Å². The molecule has 0 spiro atoms. The lowest BCUT2D eigenvalue weighted by molar-refractivity contribution is 0.0958. The summed E-state index contributed by atoms with van der Waals surface area (Å²) in [5.74, 6) is 0.534. The van der Waals surface area contributed by atoms with E-state index in [0.29, 0.717) is 32.4 Å². The number of thiophene rings is 1. The van der Waals surface area contributed by atoms with Gasteiger partial charge in [0.05, 0.1) is 22.3 Å². The molecule has 0 bridgehead atoms. The zero-order valence-corrected chi connectivity index (χ0v) is 19.3. The van der Waals surface area contributed by atoms with Gasteiger partial charge in [-0.25, -0.2) is 18.1 Å². The maximum absolute atomic E-state index is 12.7.